The monoisotopic (exact) mass is 333 g/mol. The molecule has 1 heterocycles. The molecule has 0 saturated heterocycles. The predicted molar refractivity (Wildman–Crippen MR) is 84.2 cm³/mol. The maximum absolute atomic E-state index is 4.40. The van der Waals surface area contributed by atoms with Crippen LogP contribution < -0.4 is 5.32 Å². The summed E-state index contributed by atoms with van der Waals surface area (Å²) < 4.78 is 3.46. The Hall–Kier alpha value is 0. The standard InChI is InChI=1S/C13H24BrN3S/c1-6-15-11(9-18-13(3,4)5)12-10(14)8-16-17(12)7-2/h8,11,15H,6-7,9H2,1-5H3. The number of thioether (sulfide) groups is 1. The third-order valence-electron chi connectivity index (χ3n) is 2.60. The maximum atomic E-state index is 4.40. The molecule has 0 radical (unpaired) electrons. The lowest BCUT2D eigenvalue weighted by Crippen LogP contribution is -2.27. The minimum absolute atomic E-state index is 0.289. The van der Waals surface area contributed by atoms with Crippen LogP contribution in [0.25, 0.3) is 0 Å². The topological polar surface area (TPSA) is 29.9 Å². The van der Waals surface area contributed by atoms with Gasteiger partial charge >= 0.3 is 0 Å². The molecule has 104 valence electrons. The first-order chi connectivity index (χ1) is 8.39. The molecule has 0 fully saturated rings. The fourth-order valence-electron chi connectivity index (χ4n) is 1.78. The van der Waals surface area contributed by atoms with Crippen LogP contribution in [0, 0.1) is 0 Å². The number of rotatable bonds is 6. The number of halogens is 1. The Morgan fingerprint density at radius 2 is 2.11 bits per heavy atom. The molecule has 0 spiro atoms. The van der Waals surface area contributed by atoms with Gasteiger partial charge in [-0.1, -0.05) is 27.7 Å². The zero-order chi connectivity index (χ0) is 13.8. The van der Waals surface area contributed by atoms with Crippen LogP contribution in [0.3, 0.4) is 0 Å². The molecular weight excluding hydrogens is 310 g/mol. The Labute approximate surface area is 123 Å². The van der Waals surface area contributed by atoms with Crippen molar-refractivity contribution in [3.63, 3.8) is 0 Å². The molecule has 1 atom stereocenters. The molecule has 1 aromatic heterocycles. The molecule has 0 aliphatic heterocycles. The van der Waals surface area contributed by atoms with Gasteiger partial charge in [0, 0.05) is 17.0 Å². The van der Waals surface area contributed by atoms with Crippen LogP contribution in [-0.4, -0.2) is 26.8 Å². The van der Waals surface area contributed by atoms with Gasteiger partial charge in [-0.05, 0) is 29.4 Å². The molecule has 1 N–H and O–H groups in total. The van der Waals surface area contributed by atoms with Crippen molar-refractivity contribution >= 4 is 27.7 Å². The molecule has 0 saturated carbocycles. The van der Waals surface area contributed by atoms with Gasteiger partial charge in [0.1, 0.15) is 0 Å². The first-order valence-electron chi connectivity index (χ1n) is 6.47. The SMILES string of the molecule is CCNC(CSC(C)(C)C)c1c(Br)cnn1CC. The zero-order valence-corrected chi connectivity index (χ0v) is 14.4. The minimum Gasteiger partial charge on any atom is -0.308 e. The lowest BCUT2D eigenvalue weighted by Gasteiger charge is -2.24. The number of nitrogens with zero attached hydrogens (tertiary/aromatic N) is 2. The Balaban J connectivity index is 2.86. The molecular formula is C13H24BrN3S. The molecule has 0 aromatic carbocycles. The second-order valence-electron chi connectivity index (χ2n) is 5.23. The van der Waals surface area contributed by atoms with Crippen molar-refractivity contribution in [2.75, 3.05) is 12.3 Å². The van der Waals surface area contributed by atoms with E-state index in [2.05, 4.69) is 65.6 Å². The van der Waals surface area contributed by atoms with Crippen LogP contribution in [0.15, 0.2) is 10.7 Å². The summed E-state index contributed by atoms with van der Waals surface area (Å²) in [6.07, 6.45) is 1.89. The summed E-state index contributed by atoms with van der Waals surface area (Å²) in [5.41, 5.74) is 1.26. The van der Waals surface area contributed by atoms with E-state index in [1.54, 1.807) is 0 Å². The van der Waals surface area contributed by atoms with Crippen molar-refractivity contribution in [3.05, 3.63) is 16.4 Å². The average Bonchev–Trinajstić information content (AvgIpc) is 2.64. The maximum Gasteiger partial charge on any atom is 0.0703 e. The highest BCUT2D eigenvalue weighted by Crippen LogP contribution is 2.31. The Morgan fingerprint density at radius 1 is 1.44 bits per heavy atom. The molecule has 0 aliphatic carbocycles. The van der Waals surface area contributed by atoms with Gasteiger partial charge in [-0.3, -0.25) is 4.68 Å². The number of hydrogen-bond acceptors (Lipinski definition) is 3. The van der Waals surface area contributed by atoms with E-state index >= 15 is 0 Å². The fraction of sp³-hybridized carbons (Fsp3) is 0.769. The van der Waals surface area contributed by atoms with Crippen molar-refractivity contribution in [1.29, 1.82) is 0 Å². The summed E-state index contributed by atoms with van der Waals surface area (Å²) in [5.74, 6) is 1.06. The van der Waals surface area contributed by atoms with Gasteiger partial charge in [0.15, 0.2) is 0 Å². The third-order valence-corrected chi connectivity index (χ3v) is 4.57. The van der Waals surface area contributed by atoms with Crippen LogP contribution >= 0.6 is 27.7 Å². The number of hydrogen-bond donors (Lipinski definition) is 1. The predicted octanol–water partition coefficient (Wildman–Crippen LogP) is 3.85. The second-order valence-corrected chi connectivity index (χ2v) is 7.93. The Kier molecular flexibility index (Phi) is 6.21. The lowest BCUT2D eigenvalue weighted by molar-refractivity contribution is 0.524. The highest BCUT2D eigenvalue weighted by Gasteiger charge is 2.21. The quantitative estimate of drug-likeness (QED) is 0.857. The average molecular weight is 334 g/mol. The molecule has 1 rings (SSSR count). The van der Waals surface area contributed by atoms with Gasteiger partial charge < -0.3 is 5.32 Å². The van der Waals surface area contributed by atoms with E-state index in [-0.39, 0.29) is 4.75 Å². The van der Waals surface area contributed by atoms with Crippen LogP contribution in [-0.2, 0) is 6.54 Å². The summed E-state index contributed by atoms with van der Waals surface area (Å²) >= 11 is 5.60. The lowest BCUT2D eigenvalue weighted by atomic mass is 10.2. The summed E-state index contributed by atoms with van der Waals surface area (Å²) in [6, 6.07) is 0.344. The van der Waals surface area contributed by atoms with E-state index in [9.17, 15) is 0 Å². The zero-order valence-electron chi connectivity index (χ0n) is 12.0. The third kappa shape index (κ3) is 4.59. The van der Waals surface area contributed by atoms with Crippen LogP contribution in [0.1, 0.15) is 46.4 Å². The first-order valence-corrected chi connectivity index (χ1v) is 8.25. The van der Waals surface area contributed by atoms with Crippen molar-refractivity contribution < 1.29 is 0 Å². The molecule has 0 aliphatic rings. The van der Waals surface area contributed by atoms with Gasteiger partial charge in [0.25, 0.3) is 0 Å². The van der Waals surface area contributed by atoms with Gasteiger partial charge in [0.05, 0.1) is 22.4 Å². The van der Waals surface area contributed by atoms with Crippen LogP contribution in [0.5, 0.6) is 0 Å². The summed E-state index contributed by atoms with van der Waals surface area (Å²) in [5, 5.41) is 7.96. The van der Waals surface area contributed by atoms with Crippen LogP contribution in [0.2, 0.25) is 0 Å². The van der Waals surface area contributed by atoms with Gasteiger partial charge in [-0.15, -0.1) is 0 Å². The van der Waals surface area contributed by atoms with Crippen LogP contribution in [0.4, 0.5) is 0 Å². The number of nitrogens with one attached hydrogen (secondary N) is 1. The molecule has 5 heteroatoms. The summed E-state index contributed by atoms with van der Waals surface area (Å²) in [6.45, 7) is 12.9. The largest absolute Gasteiger partial charge is 0.308 e. The van der Waals surface area contributed by atoms with Gasteiger partial charge in [0.2, 0.25) is 0 Å². The molecule has 3 nitrogen and oxygen atoms in total. The highest BCUT2D eigenvalue weighted by atomic mass is 79.9. The van der Waals surface area contributed by atoms with Gasteiger partial charge in [-0.25, -0.2) is 0 Å². The van der Waals surface area contributed by atoms with Crippen molar-refractivity contribution in [1.82, 2.24) is 15.1 Å². The molecule has 0 bridgehead atoms. The number of aryl methyl sites for hydroxylation is 1. The Morgan fingerprint density at radius 3 is 2.61 bits per heavy atom. The van der Waals surface area contributed by atoms with Crippen molar-refractivity contribution in [2.45, 2.75) is 52.0 Å². The van der Waals surface area contributed by atoms with E-state index in [0.29, 0.717) is 6.04 Å². The first kappa shape index (κ1) is 16.1. The Bertz CT molecular complexity index is 371. The van der Waals surface area contributed by atoms with Crippen molar-refractivity contribution in [3.8, 4) is 0 Å². The fourth-order valence-corrected chi connectivity index (χ4v) is 3.30. The smallest absolute Gasteiger partial charge is 0.0703 e. The molecule has 1 unspecified atom stereocenters. The minimum atomic E-state index is 0.289. The van der Waals surface area contributed by atoms with E-state index < -0.39 is 0 Å². The van der Waals surface area contributed by atoms with Gasteiger partial charge in [-0.2, -0.15) is 16.9 Å². The van der Waals surface area contributed by atoms with E-state index in [1.807, 2.05) is 18.0 Å². The highest BCUT2D eigenvalue weighted by molar-refractivity contribution is 9.10. The van der Waals surface area contributed by atoms with E-state index in [0.717, 1.165) is 23.3 Å². The van der Waals surface area contributed by atoms with E-state index in [4.69, 9.17) is 0 Å². The molecule has 1 aromatic rings. The second kappa shape index (κ2) is 6.96. The van der Waals surface area contributed by atoms with Crippen molar-refractivity contribution in [2.24, 2.45) is 0 Å². The van der Waals surface area contributed by atoms with E-state index in [1.165, 1.54) is 5.69 Å². The number of aromatic nitrogens is 2. The normalized spacial score (nSPS) is 13.9. The molecule has 18 heavy (non-hydrogen) atoms. The molecule has 0 amide bonds. The summed E-state index contributed by atoms with van der Waals surface area (Å²) in [7, 11) is 0. The summed E-state index contributed by atoms with van der Waals surface area (Å²) in [4.78, 5) is 0.